The Morgan fingerprint density at radius 1 is 1.30 bits per heavy atom. The molecule has 0 amide bonds. The van der Waals surface area contributed by atoms with Crippen LogP contribution in [0.25, 0.3) is 21.8 Å². The number of hydrogen-bond acceptors (Lipinski definition) is 5. The smallest absolute Gasteiger partial charge is 0.262 e. The van der Waals surface area contributed by atoms with Gasteiger partial charge in [0.25, 0.3) is 5.56 Å². The second-order valence-electron chi connectivity index (χ2n) is 4.29. The Kier molecular flexibility index (Phi) is 3.08. The van der Waals surface area contributed by atoms with Crippen molar-refractivity contribution in [2.24, 2.45) is 0 Å². The summed E-state index contributed by atoms with van der Waals surface area (Å²) in [6.45, 7) is 1.88. The molecule has 3 rings (SSSR count). The Labute approximate surface area is 118 Å². The number of hydrogen-bond donors (Lipinski definition) is 2. The molecule has 3 aromatic rings. The van der Waals surface area contributed by atoms with Crippen molar-refractivity contribution in [3.8, 4) is 27.7 Å². The summed E-state index contributed by atoms with van der Waals surface area (Å²) in [6.07, 6.45) is 1.59. The van der Waals surface area contributed by atoms with Gasteiger partial charge in [-0.3, -0.25) is 9.78 Å². The average Bonchev–Trinajstić information content (AvgIpc) is 2.94. The molecule has 0 aliphatic heterocycles. The van der Waals surface area contributed by atoms with Crippen molar-refractivity contribution in [2.45, 2.75) is 6.92 Å². The monoisotopic (exact) mass is 285 g/mol. The van der Waals surface area contributed by atoms with Gasteiger partial charge in [0.05, 0.1) is 10.4 Å². The highest BCUT2D eigenvalue weighted by Crippen LogP contribution is 2.28. The quantitative estimate of drug-likeness (QED) is 0.758. The van der Waals surface area contributed by atoms with Crippen molar-refractivity contribution in [3.05, 3.63) is 51.9 Å². The van der Waals surface area contributed by atoms with E-state index in [1.54, 1.807) is 17.8 Å². The van der Waals surface area contributed by atoms with E-state index in [0.717, 1.165) is 5.56 Å². The van der Waals surface area contributed by atoms with Crippen molar-refractivity contribution in [3.63, 3.8) is 0 Å². The fourth-order valence-electron chi connectivity index (χ4n) is 2.01. The fourth-order valence-corrected chi connectivity index (χ4v) is 2.57. The number of thiazole rings is 1. The maximum absolute atomic E-state index is 12.2. The first-order valence-corrected chi connectivity index (χ1v) is 6.83. The molecule has 20 heavy (non-hydrogen) atoms. The number of aromatic nitrogens is 3. The predicted molar refractivity (Wildman–Crippen MR) is 77.8 cm³/mol. The Morgan fingerprint density at radius 2 is 2.10 bits per heavy atom. The molecule has 0 saturated heterocycles. The third kappa shape index (κ3) is 2.10. The number of aromatic hydroxyl groups is 1. The van der Waals surface area contributed by atoms with E-state index >= 15 is 0 Å². The molecule has 0 radical (unpaired) electrons. The van der Waals surface area contributed by atoms with E-state index in [0.29, 0.717) is 16.3 Å². The van der Waals surface area contributed by atoms with Crippen LogP contribution in [0.4, 0.5) is 0 Å². The molecule has 2 N–H and O–H groups in total. The molecule has 100 valence electrons. The highest BCUT2D eigenvalue weighted by molar-refractivity contribution is 7.13. The van der Waals surface area contributed by atoms with Crippen molar-refractivity contribution >= 4 is 11.3 Å². The van der Waals surface area contributed by atoms with Crippen LogP contribution in [0.2, 0.25) is 0 Å². The summed E-state index contributed by atoms with van der Waals surface area (Å²) in [5.74, 6) is 0.0544. The first kappa shape index (κ1) is 12.6. The van der Waals surface area contributed by atoms with Crippen molar-refractivity contribution in [1.29, 1.82) is 0 Å². The molecular weight excluding hydrogens is 274 g/mol. The van der Waals surface area contributed by atoms with E-state index in [1.807, 2.05) is 25.1 Å². The van der Waals surface area contributed by atoms with E-state index in [-0.39, 0.29) is 17.0 Å². The van der Waals surface area contributed by atoms with Crippen LogP contribution >= 0.6 is 11.3 Å². The number of benzene rings is 1. The minimum atomic E-state index is -0.366. The highest BCUT2D eigenvalue weighted by atomic mass is 32.1. The van der Waals surface area contributed by atoms with Crippen LogP contribution in [0, 0.1) is 6.92 Å². The normalized spacial score (nSPS) is 10.7. The second-order valence-corrected chi connectivity index (χ2v) is 5.18. The Balaban J connectivity index is 2.20. The van der Waals surface area contributed by atoms with Gasteiger partial charge < -0.3 is 10.1 Å². The molecule has 1 aromatic carbocycles. The summed E-state index contributed by atoms with van der Waals surface area (Å²) in [4.78, 5) is 23.6. The van der Waals surface area contributed by atoms with E-state index in [4.69, 9.17) is 0 Å². The van der Waals surface area contributed by atoms with E-state index < -0.39 is 0 Å². The predicted octanol–water partition coefficient (Wildman–Crippen LogP) is 2.57. The third-order valence-corrected chi connectivity index (χ3v) is 3.76. The SMILES string of the molecule is Cc1ccccc1-c1c(O)nc(-c2cncs2)[nH]c1=O. The standard InChI is InChI=1S/C14H11N3O2S/c1-8-4-2-3-5-9(8)11-13(18)16-12(17-14(11)19)10-6-15-7-20-10/h2-7H,1H3,(H2,16,17,18,19). The van der Waals surface area contributed by atoms with Crippen molar-refractivity contribution in [1.82, 2.24) is 15.0 Å². The van der Waals surface area contributed by atoms with Gasteiger partial charge in [-0.15, -0.1) is 11.3 Å². The molecule has 0 fully saturated rings. The summed E-state index contributed by atoms with van der Waals surface area (Å²) >= 11 is 1.34. The van der Waals surface area contributed by atoms with Crippen LogP contribution in [0.5, 0.6) is 5.88 Å². The fraction of sp³-hybridized carbons (Fsp3) is 0.0714. The molecule has 0 saturated carbocycles. The number of rotatable bonds is 2. The summed E-state index contributed by atoms with van der Waals surface area (Å²) in [7, 11) is 0. The molecule has 6 heteroatoms. The third-order valence-electron chi connectivity index (χ3n) is 2.98. The molecular formula is C14H11N3O2S. The van der Waals surface area contributed by atoms with Gasteiger partial charge in [-0.2, -0.15) is 4.98 Å². The van der Waals surface area contributed by atoms with Crippen LogP contribution in [0.1, 0.15) is 5.56 Å². The van der Waals surface area contributed by atoms with Gasteiger partial charge in [-0.25, -0.2) is 0 Å². The maximum atomic E-state index is 12.2. The van der Waals surface area contributed by atoms with Gasteiger partial charge in [0.2, 0.25) is 5.88 Å². The molecule has 0 atom stereocenters. The molecule has 0 spiro atoms. The summed E-state index contributed by atoms with van der Waals surface area (Å²) in [6, 6.07) is 7.36. The highest BCUT2D eigenvalue weighted by Gasteiger charge is 2.15. The van der Waals surface area contributed by atoms with Gasteiger partial charge in [-0.1, -0.05) is 24.3 Å². The lowest BCUT2D eigenvalue weighted by atomic mass is 10.0. The van der Waals surface area contributed by atoms with Gasteiger partial charge >= 0.3 is 0 Å². The summed E-state index contributed by atoms with van der Waals surface area (Å²) in [5.41, 5.74) is 3.04. The van der Waals surface area contributed by atoms with Crippen LogP contribution in [-0.4, -0.2) is 20.1 Å². The zero-order valence-corrected chi connectivity index (χ0v) is 11.4. The molecule has 2 aromatic heterocycles. The molecule has 0 unspecified atom stereocenters. The van der Waals surface area contributed by atoms with Crippen molar-refractivity contribution < 1.29 is 5.11 Å². The largest absolute Gasteiger partial charge is 0.493 e. The van der Waals surface area contributed by atoms with E-state index in [9.17, 15) is 9.90 Å². The number of nitrogens with one attached hydrogen (secondary N) is 1. The topological polar surface area (TPSA) is 78.9 Å². The van der Waals surface area contributed by atoms with Crippen LogP contribution < -0.4 is 5.56 Å². The first-order chi connectivity index (χ1) is 9.66. The summed E-state index contributed by atoms with van der Waals surface area (Å²) in [5, 5.41) is 10.1. The van der Waals surface area contributed by atoms with Gasteiger partial charge in [-0.05, 0) is 18.1 Å². The number of aromatic amines is 1. The van der Waals surface area contributed by atoms with Gasteiger partial charge in [0.15, 0.2) is 5.82 Å². The lowest BCUT2D eigenvalue weighted by Crippen LogP contribution is -2.12. The molecule has 0 bridgehead atoms. The average molecular weight is 285 g/mol. The number of aryl methyl sites for hydroxylation is 1. The first-order valence-electron chi connectivity index (χ1n) is 5.95. The number of nitrogens with zero attached hydrogens (tertiary/aromatic N) is 2. The van der Waals surface area contributed by atoms with Crippen LogP contribution in [-0.2, 0) is 0 Å². The minimum absolute atomic E-state index is 0.191. The van der Waals surface area contributed by atoms with Crippen LogP contribution in [0.3, 0.4) is 0 Å². The Morgan fingerprint density at radius 3 is 2.75 bits per heavy atom. The Hall–Kier alpha value is -2.47. The lowest BCUT2D eigenvalue weighted by molar-refractivity contribution is 0.454. The molecule has 2 heterocycles. The zero-order valence-electron chi connectivity index (χ0n) is 10.6. The minimum Gasteiger partial charge on any atom is -0.493 e. The Bertz CT molecular complexity index is 810. The molecule has 0 aliphatic rings. The van der Waals surface area contributed by atoms with Gasteiger partial charge in [0.1, 0.15) is 5.56 Å². The molecule has 0 aliphatic carbocycles. The van der Waals surface area contributed by atoms with Crippen molar-refractivity contribution in [2.75, 3.05) is 0 Å². The maximum Gasteiger partial charge on any atom is 0.262 e. The van der Waals surface area contributed by atoms with E-state index in [1.165, 1.54) is 11.3 Å². The van der Waals surface area contributed by atoms with Gasteiger partial charge in [0, 0.05) is 6.20 Å². The lowest BCUT2D eigenvalue weighted by Gasteiger charge is -2.07. The van der Waals surface area contributed by atoms with E-state index in [2.05, 4.69) is 15.0 Å². The second kappa shape index (κ2) is 4.90. The van der Waals surface area contributed by atoms with Crippen LogP contribution in [0.15, 0.2) is 40.8 Å². The zero-order chi connectivity index (χ0) is 14.1. The molecule has 5 nitrogen and oxygen atoms in total. The summed E-state index contributed by atoms with van der Waals surface area (Å²) < 4.78 is 0. The number of H-pyrrole nitrogens is 1.